The summed E-state index contributed by atoms with van der Waals surface area (Å²) >= 11 is 0. The first kappa shape index (κ1) is 34.4. The van der Waals surface area contributed by atoms with Gasteiger partial charge >= 0.3 is 5.97 Å². The van der Waals surface area contributed by atoms with Crippen LogP contribution >= 0.6 is 0 Å². The normalized spacial score (nSPS) is 11.5. The Bertz CT molecular complexity index is 678. The van der Waals surface area contributed by atoms with E-state index in [2.05, 4.69) is 21.3 Å². The van der Waals surface area contributed by atoms with Crippen molar-refractivity contribution in [3.05, 3.63) is 0 Å². The summed E-state index contributed by atoms with van der Waals surface area (Å²) in [5.74, 6) is -1.75. The van der Waals surface area contributed by atoms with Gasteiger partial charge in [0.15, 0.2) is 5.78 Å². The Morgan fingerprint density at radius 1 is 0.676 bits per heavy atom. The fraction of sp³-hybridized carbons (Fsp3) is 0.783. The van der Waals surface area contributed by atoms with Gasteiger partial charge < -0.3 is 45.3 Å². The highest BCUT2D eigenvalue weighted by Crippen LogP contribution is 1.97. The highest BCUT2D eigenvalue weighted by atomic mass is 16.5. The third-order valence-electron chi connectivity index (χ3n) is 4.63. The van der Waals surface area contributed by atoms with E-state index >= 15 is 0 Å². The van der Waals surface area contributed by atoms with Gasteiger partial charge in [0.25, 0.3) is 0 Å². The highest BCUT2D eigenvalue weighted by molar-refractivity contribution is 5.79. The van der Waals surface area contributed by atoms with E-state index in [1.54, 1.807) is 0 Å². The van der Waals surface area contributed by atoms with E-state index in [9.17, 15) is 24.0 Å². The Morgan fingerprint density at radius 2 is 1.19 bits per heavy atom. The Morgan fingerprint density at radius 3 is 1.76 bits per heavy atom. The second-order valence-electron chi connectivity index (χ2n) is 7.90. The highest BCUT2D eigenvalue weighted by Gasteiger charge is 2.16. The van der Waals surface area contributed by atoms with Crippen molar-refractivity contribution in [1.29, 1.82) is 0 Å². The molecular formula is C23H42N4O10. The first-order valence-electron chi connectivity index (χ1n) is 12.3. The molecule has 0 aromatic heterocycles. The van der Waals surface area contributed by atoms with Crippen molar-refractivity contribution in [2.45, 2.75) is 38.6 Å². The van der Waals surface area contributed by atoms with E-state index in [0.29, 0.717) is 52.5 Å². The van der Waals surface area contributed by atoms with E-state index in [1.807, 2.05) is 0 Å². The van der Waals surface area contributed by atoms with Gasteiger partial charge in [-0.3, -0.25) is 24.0 Å². The molecule has 14 heteroatoms. The Hall–Kier alpha value is -2.65. The van der Waals surface area contributed by atoms with Crippen LogP contribution in [0.25, 0.3) is 0 Å². The van der Waals surface area contributed by atoms with Crippen LogP contribution < -0.4 is 21.3 Å². The molecule has 0 spiro atoms. The van der Waals surface area contributed by atoms with Gasteiger partial charge in [-0.25, -0.2) is 0 Å². The van der Waals surface area contributed by atoms with Crippen molar-refractivity contribution < 1.29 is 48.0 Å². The molecule has 0 unspecified atom stereocenters. The first-order chi connectivity index (χ1) is 17.8. The van der Waals surface area contributed by atoms with Crippen molar-refractivity contribution in [2.24, 2.45) is 0 Å². The summed E-state index contributed by atoms with van der Waals surface area (Å²) in [7, 11) is 1.52. The second-order valence-corrected chi connectivity index (χ2v) is 7.90. The van der Waals surface area contributed by atoms with Gasteiger partial charge in [-0.15, -0.1) is 0 Å². The molecule has 3 amide bonds. The SMILES string of the molecule is CN[C@@H](CCC(=O)NCCCC(=O)NCCOCCOCC(=O)NCCOCCOCC(C)=O)C(=O)O. The molecule has 0 saturated carbocycles. The summed E-state index contributed by atoms with van der Waals surface area (Å²) in [6.45, 7) is 4.17. The van der Waals surface area contributed by atoms with E-state index in [1.165, 1.54) is 14.0 Å². The third kappa shape index (κ3) is 23.5. The van der Waals surface area contributed by atoms with Crippen molar-refractivity contribution in [2.75, 3.05) is 79.5 Å². The lowest BCUT2D eigenvalue weighted by molar-refractivity contribution is -0.139. The van der Waals surface area contributed by atoms with Gasteiger partial charge in [-0.05, 0) is 26.8 Å². The molecule has 0 rings (SSSR count). The summed E-state index contributed by atoms with van der Waals surface area (Å²) in [6.07, 6.45) is 0.981. The zero-order chi connectivity index (χ0) is 27.7. The quantitative estimate of drug-likeness (QED) is 0.0833. The van der Waals surface area contributed by atoms with Gasteiger partial charge in [0.05, 0.1) is 39.6 Å². The van der Waals surface area contributed by atoms with Gasteiger partial charge in [0, 0.05) is 32.5 Å². The molecule has 14 nitrogen and oxygen atoms in total. The fourth-order valence-corrected chi connectivity index (χ4v) is 2.72. The van der Waals surface area contributed by atoms with Crippen LogP contribution in [0.4, 0.5) is 0 Å². The number of carbonyl (C=O) groups is 5. The molecule has 0 radical (unpaired) electrons. The maximum atomic E-state index is 11.8. The van der Waals surface area contributed by atoms with Crippen molar-refractivity contribution in [1.82, 2.24) is 21.3 Å². The first-order valence-corrected chi connectivity index (χ1v) is 12.3. The maximum Gasteiger partial charge on any atom is 0.320 e. The number of ketones is 1. The number of hydrogen-bond donors (Lipinski definition) is 5. The molecule has 0 aliphatic rings. The summed E-state index contributed by atoms with van der Waals surface area (Å²) < 4.78 is 20.8. The summed E-state index contributed by atoms with van der Waals surface area (Å²) in [6, 6.07) is -0.765. The fourth-order valence-electron chi connectivity index (χ4n) is 2.72. The lowest BCUT2D eigenvalue weighted by atomic mass is 10.1. The molecule has 0 aliphatic heterocycles. The Balaban J connectivity index is 3.46. The zero-order valence-electron chi connectivity index (χ0n) is 21.8. The number of rotatable bonds is 25. The molecule has 1 atom stereocenters. The van der Waals surface area contributed by atoms with E-state index < -0.39 is 12.0 Å². The van der Waals surface area contributed by atoms with Crippen LogP contribution in [0.15, 0.2) is 0 Å². The molecule has 0 bridgehead atoms. The van der Waals surface area contributed by atoms with Crippen molar-refractivity contribution >= 4 is 29.5 Å². The molecular weight excluding hydrogens is 492 g/mol. The molecule has 37 heavy (non-hydrogen) atoms. The average molecular weight is 535 g/mol. The van der Waals surface area contributed by atoms with Crippen LogP contribution in [0.1, 0.15) is 32.6 Å². The van der Waals surface area contributed by atoms with Gasteiger partial charge in [0.2, 0.25) is 17.7 Å². The lowest BCUT2D eigenvalue weighted by Crippen LogP contribution is -2.35. The van der Waals surface area contributed by atoms with Gasteiger partial charge in [-0.2, -0.15) is 0 Å². The Labute approximate surface area is 217 Å². The molecule has 214 valence electrons. The molecule has 0 saturated heterocycles. The summed E-state index contributed by atoms with van der Waals surface area (Å²) in [4.78, 5) is 56.7. The zero-order valence-corrected chi connectivity index (χ0v) is 21.8. The monoisotopic (exact) mass is 534 g/mol. The van der Waals surface area contributed by atoms with E-state index in [-0.39, 0.29) is 69.2 Å². The second kappa shape index (κ2) is 23.7. The minimum absolute atomic E-state index is 0.0475. The average Bonchev–Trinajstić information content (AvgIpc) is 2.85. The predicted octanol–water partition coefficient (Wildman–Crippen LogP) is -1.78. The molecule has 5 N–H and O–H groups in total. The van der Waals surface area contributed by atoms with Crippen molar-refractivity contribution in [3.8, 4) is 0 Å². The summed E-state index contributed by atoms with van der Waals surface area (Å²) in [5, 5.41) is 19.5. The predicted molar refractivity (Wildman–Crippen MR) is 132 cm³/mol. The minimum atomic E-state index is -1.00. The number of nitrogens with one attached hydrogen (secondary N) is 4. The number of likely N-dealkylation sites (N-methyl/N-ethyl adjacent to an activating group) is 1. The van der Waals surface area contributed by atoms with Crippen LogP contribution in [-0.2, 0) is 42.9 Å². The van der Waals surface area contributed by atoms with Gasteiger partial charge in [0.1, 0.15) is 19.3 Å². The van der Waals surface area contributed by atoms with Gasteiger partial charge in [-0.1, -0.05) is 0 Å². The number of carboxylic acid groups (broad SMARTS) is 1. The van der Waals surface area contributed by atoms with E-state index in [0.717, 1.165) is 0 Å². The standard InChI is InChI=1S/C23H42N4O10/c1-18(28)16-36-14-12-35-11-9-27-22(31)17-37-15-13-34-10-8-26-20(29)4-3-7-25-21(30)6-5-19(24-2)23(32)33/h19,24H,3-17H2,1-2H3,(H,25,30)(H,26,29)(H,27,31)(H,32,33)/t19-/m0/s1. The maximum absolute atomic E-state index is 11.8. The van der Waals surface area contributed by atoms with Crippen LogP contribution in [0, 0.1) is 0 Å². The van der Waals surface area contributed by atoms with Crippen LogP contribution in [0.2, 0.25) is 0 Å². The molecule has 0 aromatic carbocycles. The number of carbonyl (C=O) groups excluding carboxylic acids is 4. The smallest absolute Gasteiger partial charge is 0.320 e. The van der Waals surface area contributed by atoms with E-state index in [4.69, 9.17) is 24.1 Å². The van der Waals surface area contributed by atoms with Crippen LogP contribution in [-0.4, -0.2) is 120 Å². The number of carboxylic acids is 1. The minimum Gasteiger partial charge on any atom is -0.480 e. The largest absolute Gasteiger partial charge is 0.480 e. The van der Waals surface area contributed by atoms with Crippen LogP contribution in [0.5, 0.6) is 0 Å². The Kier molecular flexibility index (Phi) is 22.0. The number of aliphatic carboxylic acids is 1. The number of hydrogen-bond acceptors (Lipinski definition) is 10. The molecule has 0 heterocycles. The molecule has 0 fully saturated rings. The third-order valence-corrected chi connectivity index (χ3v) is 4.63. The topological polar surface area (TPSA) is 191 Å². The molecule has 0 aliphatic carbocycles. The summed E-state index contributed by atoms with van der Waals surface area (Å²) in [5.41, 5.74) is 0. The number of amides is 3. The van der Waals surface area contributed by atoms with Crippen LogP contribution in [0.3, 0.4) is 0 Å². The lowest BCUT2D eigenvalue weighted by Gasteiger charge is -2.11. The van der Waals surface area contributed by atoms with Crippen molar-refractivity contribution in [3.63, 3.8) is 0 Å². The number of Topliss-reactive ketones (excluding diaryl/α,β-unsaturated/α-hetero) is 1. The molecule has 0 aromatic rings. The number of ether oxygens (including phenoxy) is 4.